The van der Waals surface area contributed by atoms with Gasteiger partial charge in [0.25, 0.3) is 11.4 Å². The molecule has 0 radical (unpaired) electrons. The van der Waals surface area contributed by atoms with Gasteiger partial charge in [-0.25, -0.2) is 4.98 Å². The van der Waals surface area contributed by atoms with Crippen LogP contribution in [0.3, 0.4) is 0 Å². The normalized spacial score (nSPS) is 10.8. The number of hydrogen-bond acceptors (Lipinski definition) is 7. The highest BCUT2D eigenvalue weighted by Gasteiger charge is 2.13. The van der Waals surface area contributed by atoms with Crippen molar-refractivity contribution >= 4 is 43.2 Å². The van der Waals surface area contributed by atoms with Gasteiger partial charge in [-0.3, -0.25) is 30.2 Å². The second-order valence-electron chi connectivity index (χ2n) is 8.75. The number of pyridine rings is 3. The zero-order chi connectivity index (χ0) is 28.2. The van der Waals surface area contributed by atoms with E-state index in [0.29, 0.717) is 33.4 Å². The molecule has 0 aliphatic heterocycles. The van der Waals surface area contributed by atoms with E-state index in [9.17, 15) is 20.2 Å². The summed E-state index contributed by atoms with van der Waals surface area (Å²) in [5.74, 6) is 0. The molecule has 0 N–H and O–H groups in total. The fraction of sp³-hybridized carbons (Fsp3) is 0.0690. The molecule has 40 heavy (non-hydrogen) atoms. The van der Waals surface area contributed by atoms with Crippen LogP contribution in [0, 0.1) is 20.2 Å². The van der Waals surface area contributed by atoms with Crippen LogP contribution in [-0.4, -0.2) is 24.8 Å². The number of hydrogen-bond donors (Lipinski definition) is 0. The van der Waals surface area contributed by atoms with Gasteiger partial charge in [-0.2, -0.15) is 0 Å². The van der Waals surface area contributed by atoms with Gasteiger partial charge in [-0.05, 0) is 82.9 Å². The third-order valence-electron chi connectivity index (χ3n) is 6.13. The van der Waals surface area contributed by atoms with Crippen molar-refractivity contribution < 1.29 is 9.85 Å². The Morgan fingerprint density at radius 1 is 0.525 bits per heavy atom. The first-order valence-electron chi connectivity index (χ1n) is 12.0. The minimum Gasteiger partial charge on any atom is -0.258 e. The molecule has 9 nitrogen and oxygen atoms in total. The summed E-state index contributed by atoms with van der Waals surface area (Å²) in [6.07, 6.45) is 0. The van der Waals surface area contributed by atoms with E-state index in [1.54, 1.807) is 24.3 Å². The molecule has 0 spiro atoms. The second-order valence-corrected chi connectivity index (χ2v) is 9.87. The standard InChI is InChI=1S/C29H19Br2N5O4/c30-16-22-12-20(18-4-8-24(9-5-18)35(37)38)14-28(32-22)26-2-1-3-27(34-26)29-15-21(13-23(17-31)33-29)19-6-10-25(11-7-19)36(39)40/h1-15H,16-17H2. The smallest absolute Gasteiger partial charge is 0.258 e. The summed E-state index contributed by atoms with van der Waals surface area (Å²) in [6.45, 7) is 0. The van der Waals surface area contributed by atoms with Crippen LogP contribution in [0.2, 0.25) is 0 Å². The predicted molar refractivity (Wildman–Crippen MR) is 160 cm³/mol. The van der Waals surface area contributed by atoms with Gasteiger partial charge in [0, 0.05) is 34.9 Å². The number of nitro groups is 2. The van der Waals surface area contributed by atoms with E-state index in [-0.39, 0.29) is 11.4 Å². The highest BCUT2D eigenvalue weighted by Crippen LogP contribution is 2.31. The molecule has 0 aliphatic rings. The first kappa shape index (κ1) is 27.2. The van der Waals surface area contributed by atoms with Crippen molar-refractivity contribution in [1.82, 2.24) is 15.0 Å². The molecular weight excluding hydrogens is 642 g/mol. The Morgan fingerprint density at radius 3 is 1.27 bits per heavy atom. The van der Waals surface area contributed by atoms with Crippen LogP contribution in [0.1, 0.15) is 11.4 Å². The van der Waals surface area contributed by atoms with Gasteiger partial charge in [0.15, 0.2) is 0 Å². The second kappa shape index (κ2) is 11.8. The zero-order valence-electron chi connectivity index (χ0n) is 20.7. The molecule has 0 saturated heterocycles. The molecule has 0 unspecified atom stereocenters. The molecule has 0 saturated carbocycles. The number of halogens is 2. The predicted octanol–water partition coefficient (Wildman–Crippen LogP) is 8.15. The van der Waals surface area contributed by atoms with Gasteiger partial charge in [-0.1, -0.05) is 37.9 Å². The highest BCUT2D eigenvalue weighted by molar-refractivity contribution is 9.08. The summed E-state index contributed by atoms with van der Waals surface area (Å²) in [4.78, 5) is 35.7. The Labute approximate surface area is 245 Å². The van der Waals surface area contributed by atoms with Gasteiger partial charge in [0.2, 0.25) is 0 Å². The summed E-state index contributed by atoms with van der Waals surface area (Å²) in [5.41, 5.74) is 7.60. The van der Waals surface area contributed by atoms with Crippen molar-refractivity contribution in [3.63, 3.8) is 0 Å². The van der Waals surface area contributed by atoms with Crippen LogP contribution in [-0.2, 0) is 10.7 Å². The number of nitrogens with zero attached hydrogens (tertiary/aromatic N) is 5. The van der Waals surface area contributed by atoms with E-state index in [0.717, 1.165) is 33.6 Å². The third-order valence-corrected chi connectivity index (χ3v) is 7.28. The maximum Gasteiger partial charge on any atom is 0.269 e. The molecular formula is C29H19Br2N5O4. The number of aromatic nitrogens is 3. The molecule has 198 valence electrons. The minimum atomic E-state index is -0.424. The lowest BCUT2D eigenvalue weighted by Crippen LogP contribution is -1.97. The lowest BCUT2D eigenvalue weighted by Gasteiger charge is -2.11. The van der Waals surface area contributed by atoms with E-state index < -0.39 is 9.85 Å². The SMILES string of the molecule is O=[N+]([O-])c1ccc(-c2cc(CBr)nc(-c3cccc(-c4cc(-c5ccc([N+](=O)[O-])cc5)cc(CBr)n4)n3)c2)cc1. The number of alkyl halides is 2. The van der Waals surface area contributed by atoms with E-state index in [1.807, 2.05) is 42.5 Å². The van der Waals surface area contributed by atoms with Gasteiger partial charge in [0.05, 0.1) is 44.0 Å². The van der Waals surface area contributed by atoms with E-state index in [2.05, 4.69) is 31.9 Å². The van der Waals surface area contributed by atoms with Crippen molar-refractivity contribution in [1.29, 1.82) is 0 Å². The monoisotopic (exact) mass is 659 g/mol. The first-order chi connectivity index (χ1) is 19.3. The molecule has 2 aromatic carbocycles. The lowest BCUT2D eigenvalue weighted by atomic mass is 10.0. The summed E-state index contributed by atoms with van der Waals surface area (Å²) in [7, 11) is 0. The van der Waals surface area contributed by atoms with E-state index in [1.165, 1.54) is 24.3 Å². The quantitative estimate of drug-likeness (QED) is 0.0934. The summed E-state index contributed by atoms with van der Waals surface area (Å²) < 4.78 is 0. The average molecular weight is 661 g/mol. The van der Waals surface area contributed by atoms with Crippen molar-refractivity contribution in [3.05, 3.63) is 123 Å². The molecule has 3 aromatic heterocycles. The molecule has 3 heterocycles. The average Bonchev–Trinajstić information content (AvgIpc) is 3.00. The highest BCUT2D eigenvalue weighted by atomic mass is 79.9. The summed E-state index contributed by atoms with van der Waals surface area (Å²) in [6, 6.07) is 26.1. The summed E-state index contributed by atoms with van der Waals surface area (Å²) in [5, 5.41) is 23.2. The Kier molecular flexibility index (Phi) is 8.04. The Bertz CT molecular complexity index is 1600. The van der Waals surface area contributed by atoms with E-state index in [4.69, 9.17) is 15.0 Å². The molecule has 0 atom stereocenters. The van der Waals surface area contributed by atoms with Crippen molar-refractivity contribution in [2.75, 3.05) is 0 Å². The third kappa shape index (κ3) is 5.95. The van der Waals surface area contributed by atoms with Crippen molar-refractivity contribution in [3.8, 4) is 45.0 Å². The fourth-order valence-corrected chi connectivity index (χ4v) is 4.75. The molecule has 0 bridgehead atoms. The van der Waals surface area contributed by atoms with Gasteiger partial charge < -0.3 is 0 Å². The lowest BCUT2D eigenvalue weighted by molar-refractivity contribution is -0.385. The van der Waals surface area contributed by atoms with Gasteiger partial charge >= 0.3 is 0 Å². The van der Waals surface area contributed by atoms with Crippen molar-refractivity contribution in [2.45, 2.75) is 10.7 Å². The maximum absolute atomic E-state index is 11.1. The largest absolute Gasteiger partial charge is 0.269 e. The zero-order valence-corrected chi connectivity index (χ0v) is 23.9. The number of non-ortho nitro benzene ring substituents is 2. The molecule has 0 fully saturated rings. The topological polar surface area (TPSA) is 125 Å². The first-order valence-corrected chi connectivity index (χ1v) is 14.2. The number of rotatable bonds is 8. The van der Waals surface area contributed by atoms with Gasteiger partial charge in [-0.15, -0.1) is 0 Å². The molecule has 0 amide bonds. The number of benzene rings is 2. The molecule has 5 rings (SSSR count). The van der Waals surface area contributed by atoms with Crippen molar-refractivity contribution in [2.24, 2.45) is 0 Å². The Balaban J connectivity index is 1.54. The molecule has 0 aliphatic carbocycles. The minimum absolute atomic E-state index is 0.0272. The van der Waals surface area contributed by atoms with Gasteiger partial charge in [0.1, 0.15) is 0 Å². The maximum atomic E-state index is 11.1. The van der Waals surface area contributed by atoms with Crippen LogP contribution >= 0.6 is 31.9 Å². The van der Waals surface area contributed by atoms with Crippen LogP contribution in [0.15, 0.2) is 91.0 Å². The Morgan fingerprint density at radius 2 is 0.925 bits per heavy atom. The van der Waals surface area contributed by atoms with E-state index >= 15 is 0 Å². The molecule has 11 heteroatoms. The fourth-order valence-electron chi connectivity index (χ4n) is 4.18. The van der Waals surface area contributed by atoms with Crippen LogP contribution in [0.25, 0.3) is 45.0 Å². The van der Waals surface area contributed by atoms with Crippen LogP contribution in [0.4, 0.5) is 11.4 Å². The molecule has 5 aromatic rings. The number of nitro benzene ring substituents is 2. The van der Waals surface area contributed by atoms with Crippen LogP contribution < -0.4 is 0 Å². The summed E-state index contributed by atoms with van der Waals surface area (Å²) >= 11 is 6.97. The Hall–Kier alpha value is -4.35. The van der Waals surface area contributed by atoms with Crippen LogP contribution in [0.5, 0.6) is 0 Å².